The number of carbonyl (C=O) groups excluding carboxylic acids is 2. The fourth-order valence-electron chi connectivity index (χ4n) is 3.48. The number of hydrogen-bond acceptors (Lipinski definition) is 2. The van der Waals surface area contributed by atoms with Crippen molar-refractivity contribution in [1.29, 1.82) is 0 Å². The molecule has 0 aliphatic carbocycles. The SMILES string of the molecule is CN(C(=O)[C@@](C)(Cc1ccc(Br)cc1)N(C=O)CCCCCCl)c1cc(Cl)cc(Cl)c1. The first-order valence-electron chi connectivity index (χ1n) is 9.98. The van der Waals surface area contributed by atoms with Gasteiger partial charge in [0.25, 0.3) is 5.91 Å². The molecule has 2 amide bonds. The quantitative estimate of drug-likeness (QED) is 0.181. The molecule has 0 N–H and O–H groups in total. The van der Waals surface area contributed by atoms with Gasteiger partial charge < -0.3 is 9.80 Å². The Morgan fingerprint density at radius 2 is 1.68 bits per heavy atom. The first kappa shape index (κ1) is 26.0. The van der Waals surface area contributed by atoms with Crippen LogP contribution in [0.15, 0.2) is 46.9 Å². The predicted octanol–water partition coefficient (Wildman–Crippen LogP) is 6.59. The van der Waals surface area contributed by atoms with Crippen LogP contribution in [0.4, 0.5) is 5.69 Å². The number of rotatable bonds is 11. The van der Waals surface area contributed by atoms with E-state index in [-0.39, 0.29) is 5.91 Å². The molecule has 31 heavy (non-hydrogen) atoms. The lowest BCUT2D eigenvalue weighted by molar-refractivity contribution is -0.137. The zero-order valence-corrected chi connectivity index (χ0v) is 21.4. The number of anilines is 1. The van der Waals surface area contributed by atoms with Crippen LogP contribution in [-0.2, 0) is 16.0 Å². The summed E-state index contributed by atoms with van der Waals surface area (Å²) in [4.78, 5) is 29.0. The average molecular weight is 549 g/mol. The second-order valence-electron chi connectivity index (χ2n) is 7.62. The standard InChI is InChI=1S/C23H26BrCl3N2O2/c1-23(15-17-6-8-18(24)9-7-17,29(16-30)11-5-3-4-10-25)22(31)28(2)21-13-19(26)12-20(27)14-21/h6-9,12-14,16H,3-5,10-11,15H2,1-2H3/t23-/m1/s1. The lowest BCUT2D eigenvalue weighted by Gasteiger charge is -2.40. The van der Waals surface area contributed by atoms with Gasteiger partial charge in [0.05, 0.1) is 0 Å². The fourth-order valence-corrected chi connectivity index (χ4v) is 4.45. The summed E-state index contributed by atoms with van der Waals surface area (Å²) < 4.78 is 0.947. The number of nitrogens with zero attached hydrogens (tertiary/aromatic N) is 2. The van der Waals surface area contributed by atoms with Crippen molar-refractivity contribution < 1.29 is 9.59 Å². The van der Waals surface area contributed by atoms with Crippen LogP contribution in [0.1, 0.15) is 31.7 Å². The van der Waals surface area contributed by atoms with Gasteiger partial charge in [-0.1, -0.05) is 57.7 Å². The summed E-state index contributed by atoms with van der Waals surface area (Å²) in [7, 11) is 1.67. The molecule has 2 aromatic carbocycles. The van der Waals surface area contributed by atoms with Gasteiger partial charge >= 0.3 is 0 Å². The number of halogens is 4. The molecule has 2 rings (SSSR count). The highest BCUT2D eigenvalue weighted by molar-refractivity contribution is 9.10. The van der Waals surface area contributed by atoms with Gasteiger partial charge in [-0.25, -0.2) is 0 Å². The van der Waals surface area contributed by atoms with Crippen molar-refractivity contribution in [3.63, 3.8) is 0 Å². The van der Waals surface area contributed by atoms with E-state index in [0.29, 0.717) is 34.6 Å². The van der Waals surface area contributed by atoms with Crippen molar-refractivity contribution in [2.24, 2.45) is 0 Å². The minimum Gasteiger partial charge on any atom is -0.330 e. The zero-order chi connectivity index (χ0) is 23.0. The van der Waals surface area contributed by atoms with E-state index in [4.69, 9.17) is 34.8 Å². The average Bonchev–Trinajstić information content (AvgIpc) is 2.73. The van der Waals surface area contributed by atoms with Crippen molar-refractivity contribution in [1.82, 2.24) is 4.90 Å². The molecule has 0 aliphatic rings. The smallest absolute Gasteiger partial charge is 0.252 e. The van der Waals surface area contributed by atoms with Crippen LogP contribution in [0.25, 0.3) is 0 Å². The molecule has 0 saturated carbocycles. The maximum Gasteiger partial charge on any atom is 0.252 e. The highest BCUT2D eigenvalue weighted by Crippen LogP contribution is 2.30. The molecule has 0 radical (unpaired) electrons. The summed E-state index contributed by atoms with van der Waals surface area (Å²) in [6, 6.07) is 12.7. The molecule has 0 heterocycles. The van der Waals surface area contributed by atoms with Gasteiger partial charge in [0.1, 0.15) is 5.54 Å². The van der Waals surface area contributed by atoms with Gasteiger partial charge in [-0.3, -0.25) is 9.59 Å². The molecule has 0 saturated heterocycles. The molecule has 168 valence electrons. The third kappa shape index (κ3) is 7.11. The Morgan fingerprint density at radius 1 is 1.06 bits per heavy atom. The Kier molecular flexibility index (Phi) is 10.1. The largest absolute Gasteiger partial charge is 0.330 e. The molecule has 0 aromatic heterocycles. The minimum atomic E-state index is -1.10. The monoisotopic (exact) mass is 546 g/mol. The van der Waals surface area contributed by atoms with Crippen LogP contribution >= 0.6 is 50.7 Å². The van der Waals surface area contributed by atoms with Crippen molar-refractivity contribution in [2.75, 3.05) is 24.4 Å². The number of benzene rings is 2. The third-order valence-electron chi connectivity index (χ3n) is 5.26. The number of carbonyl (C=O) groups is 2. The van der Waals surface area contributed by atoms with E-state index in [1.807, 2.05) is 24.3 Å². The lowest BCUT2D eigenvalue weighted by Crippen LogP contribution is -2.58. The Balaban J connectivity index is 2.39. The molecule has 4 nitrogen and oxygen atoms in total. The molecule has 0 bridgehead atoms. The molecule has 0 spiro atoms. The lowest BCUT2D eigenvalue weighted by atomic mass is 9.89. The van der Waals surface area contributed by atoms with Gasteiger partial charge in [-0.05, 0) is 55.7 Å². The van der Waals surface area contributed by atoms with E-state index < -0.39 is 5.54 Å². The molecular formula is C23H26BrCl3N2O2. The molecule has 2 aromatic rings. The minimum absolute atomic E-state index is 0.224. The summed E-state index contributed by atoms with van der Waals surface area (Å²) in [5.41, 5.74) is 0.418. The number of likely N-dealkylation sites (N-methyl/N-ethyl adjacent to an activating group) is 1. The van der Waals surface area contributed by atoms with E-state index in [9.17, 15) is 9.59 Å². The van der Waals surface area contributed by atoms with E-state index >= 15 is 0 Å². The van der Waals surface area contributed by atoms with Crippen LogP contribution in [0.5, 0.6) is 0 Å². The van der Waals surface area contributed by atoms with Crippen molar-refractivity contribution >= 4 is 68.7 Å². The van der Waals surface area contributed by atoms with Gasteiger partial charge in [-0.15, -0.1) is 11.6 Å². The summed E-state index contributed by atoms with van der Waals surface area (Å²) >= 11 is 21.5. The van der Waals surface area contributed by atoms with E-state index in [0.717, 1.165) is 35.7 Å². The normalized spacial score (nSPS) is 12.8. The predicted molar refractivity (Wildman–Crippen MR) is 133 cm³/mol. The van der Waals surface area contributed by atoms with Crippen LogP contribution < -0.4 is 4.90 Å². The van der Waals surface area contributed by atoms with Gasteiger partial charge in [0.15, 0.2) is 0 Å². The maximum atomic E-state index is 13.8. The fraction of sp³-hybridized carbons (Fsp3) is 0.391. The molecular weight excluding hydrogens is 523 g/mol. The summed E-state index contributed by atoms with van der Waals surface area (Å²) in [6.07, 6.45) is 3.65. The van der Waals surface area contributed by atoms with Gasteiger partial charge in [-0.2, -0.15) is 0 Å². The molecule has 0 unspecified atom stereocenters. The van der Waals surface area contributed by atoms with Crippen LogP contribution in [-0.4, -0.2) is 42.2 Å². The van der Waals surface area contributed by atoms with Crippen LogP contribution in [0.3, 0.4) is 0 Å². The highest BCUT2D eigenvalue weighted by atomic mass is 79.9. The van der Waals surface area contributed by atoms with Gasteiger partial charge in [0, 0.05) is 46.1 Å². The molecule has 8 heteroatoms. The molecule has 0 fully saturated rings. The maximum absolute atomic E-state index is 13.8. The van der Waals surface area contributed by atoms with Crippen LogP contribution in [0, 0.1) is 0 Å². The summed E-state index contributed by atoms with van der Waals surface area (Å²) in [6.45, 7) is 2.26. The van der Waals surface area contributed by atoms with Crippen molar-refractivity contribution in [2.45, 2.75) is 38.1 Å². The number of unbranched alkanes of at least 4 members (excludes halogenated alkanes) is 2. The Labute approximate surface area is 207 Å². The third-order valence-corrected chi connectivity index (χ3v) is 6.49. The number of amides is 2. The first-order valence-corrected chi connectivity index (χ1v) is 12.1. The number of alkyl halides is 1. The summed E-state index contributed by atoms with van der Waals surface area (Å²) in [5, 5.41) is 0.871. The van der Waals surface area contributed by atoms with E-state index in [1.54, 1.807) is 37.1 Å². The van der Waals surface area contributed by atoms with Crippen molar-refractivity contribution in [3.8, 4) is 0 Å². The zero-order valence-electron chi connectivity index (χ0n) is 17.6. The van der Waals surface area contributed by atoms with Crippen LogP contribution in [0.2, 0.25) is 10.0 Å². The van der Waals surface area contributed by atoms with Gasteiger partial charge in [0.2, 0.25) is 6.41 Å². The van der Waals surface area contributed by atoms with E-state index in [2.05, 4.69) is 15.9 Å². The Hall–Kier alpha value is -1.27. The molecule has 0 aliphatic heterocycles. The second kappa shape index (κ2) is 12.1. The Bertz CT molecular complexity index is 875. The molecule has 1 atom stereocenters. The Morgan fingerprint density at radius 3 is 2.23 bits per heavy atom. The topological polar surface area (TPSA) is 40.6 Å². The number of hydrogen-bond donors (Lipinski definition) is 0. The summed E-state index contributed by atoms with van der Waals surface area (Å²) in [5.74, 6) is 0.354. The highest BCUT2D eigenvalue weighted by Gasteiger charge is 2.41. The second-order valence-corrected chi connectivity index (χ2v) is 9.78. The first-order chi connectivity index (χ1) is 14.7. The van der Waals surface area contributed by atoms with E-state index in [1.165, 1.54) is 4.90 Å². The van der Waals surface area contributed by atoms with Crippen molar-refractivity contribution in [3.05, 3.63) is 62.5 Å².